The average molecular weight is 571 g/mol. The molecule has 4 N–H and O–H groups in total. The number of carbonyl (C=O) groups excluding carboxylic acids is 3. The lowest BCUT2D eigenvalue weighted by atomic mass is 10.0. The highest BCUT2D eigenvalue weighted by atomic mass is 32.2. The first kappa shape index (κ1) is 29.6. The maximum Gasteiger partial charge on any atom is 0.258 e. The summed E-state index contributed by atoms with van der Waals surface area (Å²) < 4.78 is 28.1. The summed E-state index contributed by atoms with van der Waals surface area (Å²) in [7, 11) is -3.79. The van der Waals surface area contributed by atoms with Gasteiger partial charge in [0.25, 0.3) is 5.91 Å². The Kier molecular flexibility index (Phi) is 9.22. The Morgan fingerprint density at radius 3 is 2.50 bits per heavy atom. The molecule has 0 saturated carbocycles. The zero-order chi connectivity index (χ0) is 29.0. The topological polar surface area (TPSA) is 150 Å². The smallest absolute Gasteiger partial charge is 0.258 e. The number of benzene rings is 1. The molecule has 0 unspecified atom stereocenters. The van der Waals surface area contributed by atoms with Crippen LogP contribution < -0.4 is 20.8 Å². The van der Waals surface area contributed by atoms with E-state index in [0.717, 1.165) is 16.3 Å². The van der Waals surface area contributed by atoms with Gasteiger partial charge >= 0.3 is 0 Å². The van der Waals surface area contributed by atoms with Crippen molar-refractivity contribution in [3.05, 3.63) is 47.8 Å². The molecule has 2 aliphatic heterocycles. The zero-order valence-corrected chi connectivity index (χ0v) is 24.1. The van der Waals surface area contributed by atoms with Crippen LogP contribution in [0.2, 0.25) is 0 Å². The van der Waals surface area contributed by atoms with E-state index in [1.807, 2.05) is 31.2 Å². The molecule has 5 bridgehead atoms. The number of nitrogens with one attached hydrogen (secondary N) is 4. The number of hydrogen-bond donors (Lipinski definition) is 4. The van der Waals surface area contributed by atoms with Crippen LogP contribution in [0.3, 0.4) is 0 Å². The summed E-state index contributed by atoms with van der Waals surface area (Å²) in [6, 6.07) is 4.93. The first-order valence-corrected chi connectivity index (χ1v) is 15.3. The minimum atomic E-state index is -3.79. The van der Waals surface area contributed by atoms with Gasteiger partial charge in [-0.25, -0.2) is 18.6 Å². The highest BCUT2D eigenvalue weighted by Crippen LogP contribution is 2.22. The van der Waals surface area contributed by atoms with Crippen LogP contribution in [0.5, 0.6) is 0 Å². The van der Waals surface area contributed by atoms with Gasteiger partial charge in [-0.05, 0) is 68.2 Å². The summed E-state index contributed by atoms with van der Waals surface area (Å²) >= 11 is 0. The number of nitrogens with zero attached hydrogens (tertiary/aromatic N) is 2. The average Bonchev–Trinajstić information content (AvgIpc) is 2.92. The van der Waals surface area contributed by atoms with Gasteiger partial charge < -0.3 is 10.6 Å². The molecular formula is C28H38N6O5S. The van der Waals surface area contributed by atoms with Crippen LogP contribution in [0.15, 0.2) is 36.5 Å². The number of sulfonamides is 1. The molecule has 4 atom stereocenters. The van der Waals surface area contributed by atoms with Crippen molar-refractivity contribution in [1.29, 1.82) is 0 Å². The summed E-state index contributed by atoms with van der Waals surface area (Å²) in [5.74, 6) is -1.78. The number of allylic oxidation sites excluding steroid dienone is 1. The number of fused-ring (bicyclic) bond motifs is 4. The van der Waals surface area contributed by atoms with Crippen LogP contribution >= 0.6 is 0 Å². The molecule has 0 radical (unpaired) electrons. The Hall–Kier alpha value is -3.35. The Morgan fingerprint density at radius 2 is 1.75 bits per heavy atom. The monoisotopic (exact) mass is 570 g/mol. The Bertz CT molecular complexity index is 1410. The molecule has 2 aliphatic rings. The second-order valence-electron chi connectivity index (χ2n) is 10.8. The number of hydrogen-bond acceptors (Lipinski definition) is 7. The zero-order valence-electron chi connectivity index (χ0n) is 23.3. The van der Waals surface area contributed by atoms with E-state index in [0.29, 0.717) is 25.1 Å². The fraction of sp³-hybridized carbons (Fsp3) is 0.500. The van der Waals surface area contributed by atoms with Gasteiger partial charge in [-0.1, -0.05) is 32.1 Å². The van der Waals surface area contributed by atoms with Gasteiger partial charge in [0.05, 0.1) is 17.5 Å². The fourth-order valence-electron chi connectivity index (χ4n) is 4.84. The summed E-state index contributed by atoms with van der Waals surface area (Å²) in [5, 5.41) is 8.94. The van der Waals surface area contributed by atoms with E-state index in [1.54, 1.807) is 39.1 Å². The van der Waals surface area contributed by atoms with Gasteiger partial charge in [-0.15, -0.1) is 0 Å². The molecule has 216 valence electrons. The molecule has 1 saturated heterocycles. The molecule has 1 aromatic heterocycles. The van der Waals surface area contributed by atoms with E-state index < -0.39 is 40.0 Å². The Labute approximate surface area is 235 Å². The molecule has 3 amide bonds. The molecule has 11 nitrogen and oxygen atoms in total. The standard InChI is InChI=1S/C28H38N6O5S/c1-17(2)25-27(36)31-19(4)28(37)34-12-7-9-24(32-34)26(35)30-18(3)20-10-11-21-16-29-23(15-22(21)14-20)8-5-6-13-40(38,39)33-25/h5,8,10-11,14-19,24-25,32-33H,6-7,9,12-13H2,1-4H3,(H,30,35)(H,31,36)/b8-5+/t18-,19+,24+,25+/m1/s1. The minimum absolute atomic E-state index is 0.206. The van der Waals surface area contributed by atoms with Crippen molar-refractivity contribution in [3.8, 4) is 0 Å². The summed E-state index contributed by atoms with van der Waals surface area (Å²) in [4.78, 5) is 43.8. The molecule has 12 heteroatoms. The second-order valence-corrected chi connectivity index (χ2v) is 12.7. The van der Waals surface area contributed by atoms with Crippen molar-refractivity contribution < 1.29 is 22.8 Å². The maximum absolute atomic E-state index is 13.2. The Balaban J connectivity index is 1.64. The lowest BCUT2D eigenvalue weighted by molar-refractivity contribution is -0.143. The normalized spacial score (nSPS) is 27.6. The van der Waals surface area contributed by atoms with E-state index in [2.05, 4.69) is 25.8 Å². The number of pyridine rings is 1. The number of amides is 3. The van der Waals surface area contributed by atoms with Gasteiger partial charge in [-0.3, -0.25) is 24.4 Å². The van der Waals surface area contributed by atoms with E-state index in [9.17, 15) is 22.8 Å². The van der Waals surface area contributed by atoms with Crippen molar-refractivity contribution in [2.75, 3.05) is 12.3 Å². The minimum Gasteiger partial charge on any atom is -0.348 e. The quantitative estimate of drug-likeness (QED) is 0.408. The predicted octanol–water partition coefficient (Wildman–Crippen LogP) is 1.77. The molecular weight excluding hydrogens is 532 g/mol. The van der Waals surface area contributed by atoms with Crippen molar-refractivity contribution in [2.24, 2.45) is 5.92 Å². The largest absolute Gasteiger partial charge is 0.348 e. The van der Waals surface area contributed by atoms with Gasteiger partial charge in [-0.2, -0.15) is 0 Å². The number of carbonyl (C=O) groups is 3. The molecule has 4 rings (SSSR count). The number of hydrazine groups is 1. The van der Waals surface area contributed by atoms with Crippen LogP contribution in [0.1, 0.15) is 64.3 Å². The van der Waals surface area contributed by atoms with Crippen LogP contribution in [0.4, 0.5) is 0 Å². The summed E-state index contributed by atoms with van der Waals surface area (Å²) in [6.07, 6.45) is 6.64. The van der Waals surface area contributed by atoms with Crippen molar-refractivity contribution in [1.82, 2.24) is 30.8 Å². The predicted molar refractivity (Wildman–Crippen MR) is 153 cm³/mol. The van der Waals surface area contributed by atoms with Crippen molar-refractivity contribution >= 4 is 44.6 Å². The second kappa shape index (κ2) is 12.4. The SMILES string of the molecule is CC(C)[C@@H]1NS(=O)(=O)CC/C=C/c2cc3cc(ccc3cn2)[C@@H](C)NC(=O)[C@@H]2CCCN(N2)C(=O)[C@H](C)NC1=O. The summed E-state index contributed by atoms with van der Waals surface area (Å²) in [6.45, 7) is 7.30. The number of aromatic nitrogens is 1. The van der Waals surface area contributed by atoms with E-state index in [1.165, 1.54) is 5.01 Å². The van der Waals surface area contributed by atoms with Crippen LogP contribution in [-0.4, -0.2) is 66.6 Å². The summed E-state index contributed by atoms with van der Waals surface area (Å²) in [5.41, 5.74) is 4.61. The molecule has 1 aromatic carbocycles. The molecule has 1 fully saturated rings. The first-order chi connectivity index (χ1) is 18.9. The van der Waals surface area contributed by atoms with E-state index in [4.69, 9.17) is 0 Å². The van der Waals surface area contributed by atoms with Gasteiger partial charge in [0.15, 0.2) is 0 Å². The molecule has 40 heavy (non-hydrogen) atoms. The highest BCUT2D eigenvalue weighted by Gasteiger charge is 2.33. The van der Waals surface area contributed by atoms with E-state index in [-0.39, 0.29) is 30.0 Å². The number of rotatable bonds is 1. The molecule has 0 spiro atoms. The van der Waals surface area contributed by atoms with Gasteiger partial charge in [0.1, 0.15) is 18.1 Å². The first-order valence-electron chi connectivity index (χ1n) is 13.7. The fourth-order valence-corrected chi connectivity index (χ4v) is 6.17. The third-order valence-electron chi connectivity index (χ3n) is 7.22. The highest BCUT2D eigenvalue weighted by molar-refractivity contribution is 7.89. The van der Waals surface area contributed by atoms with Crippen LogP contribution in [0.25, 0.3) is 16.8 Å². The van der Waals surface area contributed by atoms with E-state index >= 15 is 0 Å². The lowest BCUT2D eigenvalue weighted by Crippen LogP contribution is -2.62. The van der Waals surface area contributed by atoms with Crippen molar-refractivity contribution in [2.45, 2.75) is 71.1 Å². The van der Waals surface area contributed by atoms with Crippen LogP contribution in [0, 0.1) is 5.92 Å². The van der Waals surface area contributed by atoms with Gasteiger partial charge in [0.2, 0.25) is 21.8 Å². The van der Waals surface area contributed by atoms with Crippen LogP contribution in [-0.2, 0) is 24.4 Å². The molecule has 2 aromatic rings. The maximum atomic E-state index is 13.2. The lowest BCUT2D eigenvalue weighted by Gasteiger charge is -2.35. The van der Waals surface area contributed by atoms with Gasteiger partial charge in [0, 0.05) is 18.1 Å². The molecule has 0 aliphatic carbocycles. The van der Waals surface area contributed by atoms with Crippen molar-refractivity contribution in [3.63, 3.8) is 0 Å². The molecule has 3 heterocycles. The third kappa shape index (κ3) is 7.23. The third-order valence-corrected chi connectivity index (χ3v) is 8.61. The Morgan fingerprint density at radius 1 is 1.00 bits per heavy atom.